The van der Waals surface area contributed by atoms with E-state index in [2.05, 4.69) is 10.1 Å². The molecule has 27 heavy (non-hydrogen) atoms. The summed E-state index contributed by atoms with van der Waals surface area (Å²) in [7, 11) is 1.07. The SMILES string of the molecule is COC(=O)C1=C(NC(C)=O)[C@@H](OC(C)=O)[C@H](OC(C)=O)[C@@H](COC(C)=O)O1. The molecule has 1 N–H and O–H groups in total. The average Bonchev–Trinajstić information content (AvgIpc) is 2.54. The van der Waals surface area contributed by atoms with Crippen molar-refractivity contribution in [2.75, 3.05) is 13.7 Å². The standard InChI is InChI=1S/C16H21NO10/c1-7(18)17-12-14(26-10(4)21)13(25-9(3)20)11(6-24-8(2)19)27-15(12)16(22)23-5/h11,13-14H,6H2,1-5H3,(H,17,18)/t11-,13-,14-/m1/s1. The van der Waals surface area contributed by atoms with E-state index < -0.39 is 60.5 Å². The Balaban J connectivity index is 3.48. The zero-order chi connectivity index (χ0) is 20.7. The van der Waals surface area contributed by atoms with Crippen LogP contribution in [0.25, 0.3) is 0 Å². The molecule has 0 aromatic heterocycles. The molecule has 1 aliphatic heterocycles. The van der Waals surface area contributed by atoms with Crippen LogP contribution in [0.15, 0.2) is 11.5 Å². The summed E-state index contributed by atoms with van der Waals surface area (Å²) in [5.41, 5.74) is -0.255. The molecule has 0 saturated carbocycles. The monoisotopic (exact) mass is 387 g/mol. The second-order valence-corrected chi connectivity index (χ2v) is 5.48. The van der Waals surface area contributed by atoms with Crippen LogP contribution in [-0.2, 0) is 47.7 Å². The lowest BCUT2D eigenvalue weighted by Crippen LogP contribution is -2.54. The van der Waals surface area contributed by atoms with Gasteiger partial charge in [-0.25, -0.2) is 4.79 Å². The predicted octanol–water partition coefficient (Wildman–Crippen LogP) is -0.668. The summed E-state index contributed by atoms with van der Waals surface area (Å²) in [4.78, 5) is 57.8. The first-order chi connectivity index (χ1) is 12.6. The van der Waals surface area contributed by atoms with Crippen molar-refractivity contribution in [1.82, 2.24) is 5.32 Å². The number of carbonyl (C=O) groups is 5. The van der Waals surface area contributed by atoms with Crippen LogP contribution >= 0.6 is 0 Å². The van der Waals surface area contributed by atoms with Crippen molar-refractivity contribution < 1.29 is 47.7 Å². The number of nitrogens with one attached hydrogen (secondary N) is 1. The van der Waals surface area contributed by atoms with Crippen molar-refractivity contribution >= 4 is 29.8 Å². The lowest BCUT2D eigenvalue weighted by molar-refractivity contribution is -0.185. The van der Waals surface area contributed by atoms with Crippen molar-refractivity contribution in [3.8, 4) is 0 Å². The summed E-state index contributed by atoms with van der Waals surface area (Å²) < 4.78 is 25.3. The summed E-state index contributed by atoms with van der Waals surface area (Å²) in [6, 6.07) is 0. The first kappa shape index (κ1) is 21.9. The van der Waals surface area contributed by atoms with E-state index in [0.717, 1.165) is 34.8 Å². The zero-order valence-electron chi connectivity index (χ0n) is 15.5. The molecule has 0 spiro atoms. The molecule has 11 heteroatoms. The third kappa shape index (κ3) is 6.28. The number of ether oxygens (including phenoxy) is 5. The van der Waals surface area contributed by atoms with Gasteiger partial charge in [-0.15, -0.1) is 0 Å². The molecule has 3 atom stereocenters. The molecule has 0 fully saturated rings. The number of amides is 1. The molecule has 1 amide bonds. The van der Waals surface area contributed by atoms with Crippen LogP contribution in [0.4, 0.5) is 0 Å². The van der Waals surface area contributed by atoms with Gasteiger partial charge in [0.1, 0.15) is 12.3 Å². The number of esters is 4. The molecule has 0 aliphatic carbocycles. The second kappa shape index (κ2) is 9.55. The Morgan fingerprint density at radius 3 is 2.00 bits per heavy atom. The molecule has 1 heterocycles. The van der Waals surface area contributed by atoms with Gasteiger partial charge in [0, 0.05) is 27.7 Å². The quantitative estimate of drug-likeness (QED) is 0.460. The molecule has 150 valence electrons. The van der Waals surface area contributed by atoms with Crippen LogP contribution in [0.1, 0.15) is 27.7 Å². The number of rotatable bonds is 6. The Hall–Kier alpha value is -3.11. The number of hydrogen-bond donors (Lipinski definition) is 1. The van der Waals surface area contributed by atoms with E-state index >= 15 is 0 Å². The highest BCUT2D eigenvalue weighted by Crippen LogP contribution is 2.29. The third-order valence-electron chi connectivity index (χ3n) is 3.19. The third-order valence-corrected chi connectivity index (χ3v) is 3.19. The molecular weight excluding hydrogens is 366 g/mol. The zero-order valence-corrected chi connectivity index (χ0v) is 15.5. The van der Waals surface area contributed by atoms with E-state index in [9.17, 15) is 24.0 Å². The van der Waals surface area contributed by atoms with Gasteiger partial charge in [-0.05, 0) is 0 Å². The fourth-order valence-corrected chi connectivity index (χ4v) is 2.30. The number of carbonyl (C=O) groups excluding carboxylic acids is 5. The fraction of sp³-hybridized carbons (Fsp3) is 0.562. The highest BCUT2D eigenvalue weighted by molar-refractivity contribution is 5.89. The maximum Gasteiger partial charge on any atom is 0.375 e. The fourth-order valence-electron chi connectivity index (χ4n) is 2.30. The van der Waals surface area contributed by atoms with Crippen LogP contribution in [0, 0.1) is 0 Å². The summed E-state index contributed by atoms with van der Waals surface area (Å²) in [5, 5.41) is 2.33. The molecule has 0 unspecified atom stereocenters. The minimum Gasteiger partial charge on any atom is -0.474 e. The number of hydrogen-bond acceptors (Lipinski definition) is 10. The average molecular weight is 387 g/mol. The highest BCUT2D eigenvalue weighted by atomic mass is 16.6. The summed E-state index contributed by atoms with van der Waals surface area (Å²) in [6.45, 7) is 4.07. The van der Waals surface area contributed by atoms with Gasteiger partial charge in [0.2, 0.25) is 11.7 Å². The van der Waals surface area contributed by atoms with E-state index in [1.807, 2.05) is 0 Å². The molecular formula is C16H21NO10. The molecule has 0 radical (unpaired) electrons. The van der Waals surface area contributed by atoms with Crippen molar-refractivity contribution in [1.29, 1.82) is 0 Å². The van der Waals surface area contributed by atoms with E-state index in [0.29, 0.717) is 0 Å². The predicted molar refractivity (Wildman–Crippen MR) is 85.5 cm³/mol. The van der Waals surface area contributed by atoms with Crippen LogP contribution < -0.4 is 5.32 Å². The summed E-state index contributed by atoms with van der Waals surface area (Å²) >= 11 is 0. The van der Waals surface area contributed by atoms with Gasteiger partial charge in [-0.2, -0.15) is 0 Å². The van der Waals surface area contributed by atoms with Gasteiger partial charge < -0.3 is 29.0 Å². The minimum atomic E-state index is -1.40. The molecule has 0 aromatic rings. The van der Waals surface area contributed by atoms with Gasteiger partial charge in [-0.1, -0.05) is 0 Å². The molecule has 1 aliphatic rings. The van der Waals surface area contributed by atoms with Crippen LogP contribution in [-0.4, -0.2) is 61.8 Å². The van der Waals surface area contributed by atoms with Crippen LogP contribution in [0.5, 0.6) is 0 Å². The van der Waals surface area contributed by atoms with Gasteiger partial charge in [0.15, 0.2) is 18.3 Å². The molecule has 0 saturated heterocycles. The van der Waals surface area contributed by atoms with Gasteiger partial charge >= 0.3 is 23.9 Å². The smallest absolute Gasteiger partial charge is 0.375 e. The molecule has 11 nitrogen and oxygen atoms in total. The van der Waals surface area contributed by atoms with E-state index in [4.69, 9.17) is 18.9 Å². The van der Waals surface area contributed by atoms with Gasteiger partial charge in [0.05, 0.1) is 7.11 Å². The summed E-state index contributed by atoms with van der Waals surface area (Å²) in [5.74, 6) is -4.24. The first-order valence-electron chi connectivity index (χ1n) is 7.81. The van der Waals surface area contributed by atoms with E-state index in [1.54, 1.807) is 0 Å². The maximum atomic E-state index is 12.1. The topological polar surface area (TPSA) is 144 Å². The minimum absolute atomic E-state index is 0.255. The van der Waals surface area contributed by atoms with Crippen molar-refractivity contribution in [3.63, 3.8) is 0 Å². The maximum absolute atomic E-state index is 12.1. The van der Waals surface area contributed by atoms with Crippen molar-refractivity contribution in [3.05, 3.63) is 11.5 Å². The number of methoxy groups -OCH3 is 1. The van der Waals surface area contributed by atoms with Crippen molar-refractivity contribution in [2.24, 2.45) is 0 Å². The van der Waals surface area contributed by atoms with Crippen molar-refractivity contribution in [2.45, 2.75) is 46.0 Å². The second-order valence-electron chi connectivity index (χ2n) is 5.48. The van der Waals surface area contributed by atoms with Crippen LogP contribution in [0.2, 0.25) is 0 Å². The van der Waals surface area contributed by atoms with Gasteiger partial charge in [-0.3, -0.25) is 19.2 Å². The molecule has 1 rings (SSSR count). The van der Waals surface area contributed by atoms with E-state index in [-0.39, 0.29) is 5.70 Å². The Kier molecular flexibility index (Phi) is 7.76. The largest absolute Gasteiger partial charge is 0.474 e. The Labute approximate surface area is 154 Å². The van der Waals surface area contributed by atoms with E-state index in [1.165, 1.54) is 0 Å². The Bertz CT molecular complexity index is 668. The molecule has 0 bridgehead atoms. The lowest BCUT2D eigenvalue weighted by Gasteiger charge is -2.38. The first-order valence-corrected chi connectivity index (χ1v) is 7.81. The van der Waals surface area contributed by atoms with Crippen LogP contribution in [0.3, 0.4) is 0 Å². The normalized spacial score (nSPS) is 21.4. The Morgan fingerprint density at radius 2 is 1.56 bits per heavy atom. The Morgan fingerprint density at radius 1 is 0.963 bits per heavy atom. The summed E-state index contributed by atoms with van der Waals surface area (Å²) in [6.07, 6.45) is -3.91. The van der Waals surface area contributed by atoms with Gasteiger partial charge in [0.25, 0.3) is 0 Å². The molecule has 0 aromatic carbocycles. The highest BCUT2D eigenvalue weighted by Gasteiger charge is 2.47. The lowest BCUT2D eigenvalue weighted by atomic mass is 10.00.